The van der Waals surface area contributed by atoms with E-state index in [2.05, 4.69) is 0 Å². The molecule has 72 valence electrons. The lowest BCUT2D eigenvalue weighted by Gasteiger charge is -2.04. The Morgan fingerprint density at radius 3 is 2.33 bits per heavy atom. The summed E-state index contributed by atoms with van der Waals surface area (Å²) in [7, 11) is 0. The van der Waals surface area contributed by atoms with Crippen molar-refractivity contribution >= 4 is 21.5 Å². The molecule has 0 aromatic heterocycles. The second-order valence-corrected chi connectivity index (χ2v) is 3.62. The zero-order valence-electron chi connectivity index (χ0n) is 8.07. The van der Waals surface area contributed by atoms with E-state index in [0.29, 0.717) is 0 Å². The summed E-state index contributed by atoms with van der Waals surface area (Å²) in [6.07, 6.45) is 0. The molecule has 3 rings (SSSR count). The Morgan fingerprint density at radius 1 is 0.667 bits per heavy atom. The number of halogens is 1. The first-order chi connectivity index (χ1) is 7.36. The SMILES string of the molecule is Fc1cccc2ccc3ccccc3c12. The van der Waals surface area contributed by atoms with Crippen LogP contribution < -0.4 is 0 Å². The minimum Gasteiger partial charge on any atom is -0.206 e. The monoisotopic (exact) mass is 196 g/mol. The summed E-state index contributed by atoms with van der Waals surface area (Å²) < 4.78 is 13.7. The molecule has 0 saturated heterocycles. The van der Waals surface area contributed by atoms with Gasteiger partial charge in [-0.15, -0.1) is 0 Å². The molecule has 0 radical (unpaired) electrons. The molecule has 3 aromatic rings. The average molecular weight is 196 g/mol. The van der Waals surface area contributed by atoms with Gasteiger partial charge in [0.15, 0.2) is 0 Å². The van der Waals surface area contributed by atoms with E-state index >= 15 is 0 Å². The summed E-state index contributed by atoms with van der Waals surface area (Å²) in [4.78, 5) is 0. The molecule has 0 aliphatic heterocycles. The maximum atomic E-state index is 13.7. The van der Waals surface area contributed by atoms with Crippen LogP contribution in [0.1, 0.15) is 0 Å². The zero-order valence-corrected chi connectivity index (χ0v) is 8.07. The molecular weight excluding hydrogens is 187 g/mol. The van der Waals surface area contributed by atoms with E-state index in [1.807, 2.05) is 42.5 Å². The maximum Gasteiger partial charge on any atom is 0.131 e. The van der Waals surface area contributed by atoms with Crippen molar-refractivity contribution in [2.75, 3.05) is 0 Å². The van der Waals surface area contributed by atoms with E-state index in [4.69, 9.17) is 0 Å². The van der Waals surface area contributed by atoms with Gasteiger partial charge < -0.3 is 0 Å². The normalized spacial score (nSPS) is 11.0. The first kappa shape index (κ1) is 8.42. The molecule has 0 saturated carbocycles. The van der Waals surface area contributed by atoms with Crippen LogP contribution in [0.15, 0.2) is 54.6 Å². The highest BCUT2D eigenvalue weighted by molar-refractivity contribution is 6.07. The van der Waals surface area contributed by atoms with Crippen LogP contribution in [-0.2, 0) is 0 Å². The highest BCUT2D eigenvalue weighted by Gasteiger charge is 2.03. The van der Waals surface area contributed by atoms with Gasteiger partial charge in [0.25, 0.3) is 0 Å². The first-order valence-electron chi connectivity index (χ1n) is 4.92. The number of benzene rings is 3. The quantitative estimate of drug-likeness (QED) is 0.474. The Morgan fingerprint density at radius 2 is 1.40 bits per heavy atom. The summed E-state index contributed by atoms with van der Waals surface area (Å²) in [5.41, 5.74) is 0. The van der Waals surface area contributed by atoms with Gasteiger partial charge in [-0.2, -0.15) is 0 Å². The molecular formula is C14H9F. The van der Waals surface area contributed by atoms with Crippen LogP contribution in [0, 0.1) is 5.82 Å². The smallest absolute Gasteiger partial charge is 0.131 e. The first-order valence-corrected chi connectivity index (χ1v) is 4.92. The zero-order chi connectivity index (χ0) is 10.3. The van der Waals surface area contributed by atoms with Crippen LogP contribution in [-0.4, -0.2) is 0 Å². The number of hydrogen-bond acceptors (Lipinski definition) is 0. The van der Waals surface area contributed by atoms with Crippen molar-refractivity contribution < 1.29 is 4.39 Å². The average Bonchev–Trinajstić information content (AvgIpc) is 2.29. The van der Waals surface area contributed by atoms with Gasteiger partial charge in [0.2, 0.25) is 0 Å². The third kappa shape index (κ3) is 1.20. The standard InChI is InChI=1S/C14H9F/c15-13-7-3-5-11-9-8-10-4-1-2-6-12(10)14(11)13/h1-9H. The number of fused-ring (bicyclic) bond motifs is 3. The Hall–Kier alpha value is -1.89. The molecule has 3 aromatic carbocycles. The third-order valence-electron chi connectivity index (χ3n) is 2.72. The molecule has 1 heteroatoms. The lowest BCUT2D eigenvalue weighted by Crippen LogP contribution is -1.81. The van der Waals surface area contributed by atoms with Gasteiger partial charge in [0, 0.05) is 5.39 Å². The van der Waals surface area contributed by atoms with Crippen LogP contribution in [0.4, 0.5) is 4.39 Å². The second kappa shape index (κ2) is 3.06. The summed E-state index contributed by atoms with van der Waals surface area (Å²) >= 11 is 0. The fourth-order valence-electron chi connectivity index (χ4n) is 2.01. The molecule has 0 aliphatic carbocycles. The predicted molar refractivity (Wildman–Crippen MR) is 61.4 cm³/mol. The molecule has 0 fully saturated rings. The molecule has 0 nitrogen and oxygen atoms in total. The molecule has 0 bridgehead atoms. The molecule has 0 heterocycles. The van der Waals surface area contributed by atoms with Gasteiger partial charge >= 0.3 is 0 Å². The molecule has 0 aliphatic rings. The van der Waals surface area contributed by atoms with Crippen LogP contribution in [0.2, 0.25) is 0 Å². The predicted octanol–water partition coefficient (Wildman–Crippen LogP) is 4.13. The number of hydrogen-bond donors (Lipinski definition) is 0. The van der Waals surface area contributed by atoms with Crippen LogP contribution in [0.25, 0.3) is 21.5 Å². The summed E-state index contributed by atoms with van der Waals surface area (Å²) in [6.45, 7) is 0. The van der Waals surface area contributed by atoms with Crippen molar-refractivity contribution in [1.29, 1.82) is 0 Å². The molecule has 0 amide bonds. The summed E-state index contributed by atoms with van der Waals surface area (Å²) in [5.74, 6) is -0.149. The lowest BCUT2D eigenvalue weighted by atomic mass is 10.0. The molecule has 0 spiro atoms. The summed E-state index contributed by atoms with van der Waals surface area (Å²) in [6, 6.07) is 17.0. The van der Waals surface area contributed by atoms with Gasteiger partial charge in [-0.05, 0) is 22.2 Å². The van der Waals surface area contributed by atoms with Crippen LogP contribution in [0.5, 0.6) is 0 Å². The fraction of sp³-hybridized carbons (Fsp3) is 0. The van der Waals surface area contributed by atoms with Crippen molar-refractivity contribution in [3.63, 3.8) is 0 Å². The van der Waals surface area contributed by atoms with Crippen molar-refractivity contribution in [2.45, 2.75) is 0 Å². The number of rotatable bonds is 0. The van der Waals surface area contributed by atoms with Crippen LogP contribution >= 0.6 is 0 Å². The highest BCUT2D eigenvalue weighted by Crippen LogP contribution is 2.27. The second-order valence-electron chi connectivity index (χ2n) is 3.62. The highest BCUT2D eigenvalue weighted by atomic mass is 19.1. The molecule has 0 unspecified atom stereocenters. The van der Waals surface area contributed by atoms with Gasteiger partial charge in [-0.3, -0.25) is 0 Å². The van der Waals surface area contributed by atoms with Crippen molar-refractivity contribution in [2.24, 2.45) is 0 Å². The van der Waals surface area contributed by atoms with Crippen LogP contribution in [0.3, 0.4) is 0 Å². The molecule has 0 atom stereocenters. The van der Waals surface area contributed by atoms with E-state index in [9.17, 15) is 4.39 Å². The van der Waals surface area contributed by atoms with Gasteiger partial charge in [-0.25, -0.2) is 4.39 Å². The molecule has 0 N–H and O–H groups in total. The Bertz CT molecular complexity index is 641. The van der Waals surface area contributed by atoms with Gasteiger partial charge in [-0.1, -0.05) is 48.5 Å². The van der Waals surface area contributed by atoms with E-state index in [1.165, 1.54) is 6.07 Å². The lowest BCUT2D eigenvalue weighted by molar-refractivity contribution is 0.640. The summed E-state index contributed by atoms with van der Waals surface area (Å²) in [5, 5.41) is 3.73. The minimum atomic E-state index is -0.149. The van der Waals surface area contributed by atoms with Crippen molar-refractivity contribution in [1.82, 2.24) is 0 Å². The maximum absolute atomic E-state index is 13.7. The van der Waals surface area contributed by atoms with Gasteiger partial charge in [0.1, 0.15) is 5.82 Å². The van der Waals surface area contributed by atoms with Crippen molar-refractivity contribution in [3.05, 3.63) is 60.4 Å². The fourth-order valence-corrected chi connectivity index (χ4v) is 2.01. The van der Waals surface area contributed by atoms with E-state index in [-0.39, 0.29) is 5.82 Å². The molecule has 15 heavy (non-hydrogen) atoms. The van der Waals surface area contributed by atoms with Gasteiger partial charge in [0.05, 0.1) is 0 Å². The van der Waals surface area contributed by atoms with E-state index in [1.54, 1.807) is 6.07 Å². The van der Waals surface area contributed by atoms with E-state index < -0.39 is 0 Å². The minimum absolute atomic E-state index is 0.149. The third-order valence-corrected chi connectivity index (χ3v) is 2.72. The Kier molecular flexibility index (Phi) is 1.72. The van der Waals surface area contributed by atoms with Crippen molar-refractivity contribution in [3.8, 4) is 0 Å². The Balaban J connectivity index is 2.64. The van der Waals surface area contributed by atoms with E-state index in [0.717, 1.165) is 21.5 Å². The largest absolute Gasteiger partial charge is 0.206 e. The Labute approximate surface area is 87.0 Å². The topological polar surface area (TPSA) is 0 Å².